The van der Waals surface area contributed by atoms with Crippen LogP contribution >= 0.6 is 0 Å². The van der Waals surface area contributed by atoms with Crippen LogP contribution in [-0.2, 0) is 9.53 Å². The predicted molar refractivity (Wildman–Crippen MR) is 63.4 cm³/mol. The van der Waals surface area contributed by atoms with E-state index in [9.17, 15) is 4.79 Å². The van der Waals surface area contributed by atoms with E-state index in [1.54, 1.807) is 6.20 Å². The van der Waals surface area contributed by atoms with Crippen molar-refractivity contribution in [3.05, 3.63) is 18.0 Å². The molecule has 1 fully saturated rings. The maximum atomic E-state index is 11.3. The van der Waals surface area contributed by atoms with Gasteiger partial charge in [0.05, 0.1) is 24.8 Å². The number of aromatic amines is 1. The Kier molecular flexibility index (Phi) is 4.14. The summed E-state index contributed by atoms with van der Waals surface area (Å²) in [5.41, 5.74) is 1.14. The summed E-state index contributed by atoms with van der Waals surface area (Å²) in [5, 5.41) is 7.00. The Balaban J connectivity index is 1.85. The summed E-state index contributed by atoms with van der Waals surface area (Å²) in [5.74, 6) is -0.109. The minimum Gasteiger partial charge on any atom is -0.466 e. The number of nitrogens with one attached hydrogen (secondary N) is 1. The van der Waals surface area contributed by atoms with Gasteiger partial charge in [0.1, 0.15) is 0 Å². The number of likely N-dealkylation sites (tertiary alicyclic amines) is 1. The maximum Gasteiger partial charge on any atom is 0.307 e. The monoisotopic (exact) mass is 237 g/mol. The van der Waals surface area contributed by atoms with Crippen LogP contribution in [0.15, 0.2) is 12.3 Å². The van der Waals surface area contributed by atoms with Crippen molar-refractivity contribution in [2.75, 3.05) is 19.7 Å². The topological polar surface area (TPSA) is 58.2 Å². The first kappa shape index (κ1) is 12.1. The molecule has 0 aliphatic carbocycles. The Morgan fingerprint density at radius 1 is 1.71 bits per heavy atom. The lowest BCUT2D eigenvalue weighted by molar-refractivity contribution is -0.143. The number of esters is 1. The molecule has 2 heterocycles. The van der Waals surface area contributed by atoms with Crippen LogP contribution in [0.2, 0.25) is 0 Å². The quantitative estimate of drug-likeness (QED) is 0.788. The number of ether oxygens (including phenoxy) is 1. The summed E-state index contributed by atoms with van der Waals surface area (Å²) in [6.45, 7) is 4.11. The number of nitrogens with zero attached hydrogens (tertiary/aromatic N) is 2. The van der Waals surface area contributed by atoms with E-state index in [1.807, 2.05) is 13.0 Å². The summed E-state index contributed by atoms with van der Waals surface area (Å²) in [4.78, 5) is 13.6. The van der Waals surface area contributed by atoms with Gasteiger partial charge in [-0.25, -0.2) is 0 Å². The second-order valence-corrected chi connectivity index (χ2v) is 4.26. The largest absolute Gasteiger partial charge is 0.466 e. The van der Waals surface area contributed by atoms with E-state index in [-0.39, 0.29) is 5.97 Å². The number of hydrogen-bond acceptors (Lipinski definition) is 4. The van der Waals surface area contributed by atoms with Gasteiger partial charge in [-0.05, 0) is 32.4 Å². The number of H-pyrrole nitrogens is 1. The Hall–Kier alpha value is -1.36. The van der Waals surface area contributed by atoms with Crippen molar-refractivity contribution >= 4 is 5.97 Å². The molecule has 1 aromatic rings. The third kappa shape index (κ3) is 3.06. The molecular weight excluding hydrogens is 218 g/mol. The van der Waals surface area contributed by atoms with Gasteiger partial charge in [0, 0.05) is 12.7 Å². The SMILES string of the molecule is CCOC(=O)CCN1CCCC1c1ccn[nH]1. The van der Waals surface area contributed by atoms with Crippen molar-refractivity contribution in [3.8, 4) is 0 Å². The number of aromatic nitrogens is 2. The van der Waals surface area contributed by atoms with Crippen LogP contribution in [-0.4, -0.2) is 40.8 Å². The number of rotatable bonds is 5. The number of hydrogen-bond donors (Lipinski definition) is 1. The van der Waals surface area contributed by atoms with Crippen LogP contribution in [0, 0.1) is 0 Å². The second kappa shape index (κ2) is 5.82. The van der Waals surface area contributed by atoms with Crippen LogP contribution in [0.4, 0.5) is 0 Å². The highest BCUT2D eigenvalue weighted by Crippen LogP contribution is 2.30. The van der Waals surface area contributed by atoms with Crippen LogP contribution < -0.4 is 0 Å². The summed E-state index contributed by atoms with van der Waals surface area (Å²) in [7, 11) is 0. The summed E-state index contributed by atoms with van der Waals surface area (Å²) >= 11 is 0. The normalized spacial score (nSPS) is 20.6. The molecule has 1 aliphatic heterocycles. The Morgan fingerprint density at radius 2 is 2.59 bits per heavy atom. The van der Waals surface area contributed by atoms with Gasteiger partial charge >= 0.3 is 5.97 Å². The van der Waals surface area contributed by atoms with E-state index in [4.69, 9.17) is 4.74 Å². The number of carbonyl (C=O) groups is 1. The molecule has 0 bridgehead atoms. The molecule has 0 amide bonds. The van der Waals surface area contributed by atoms with Gasteiger partial charge in [-0.2, -0.15) is 5.10 Å². The van der Waals surface area contributed by atoms with E-state index in [0.29, 0.717) is 19.1 Å². The maximum absolute atomic E-state index is 11.3. The average Bonchev–Trinajstić information content (AvgIpc) is 2.97. The lowest BCUT2D eigenvalue weighted by atomic mass is 10.1. The zero-order chi connectivity index (χ0) is 12.1. The molecule has 1 unspecified atom stereocenters. The van der Waals surface area contributed by atoms with Crippen molar-refractivity contribution < 1.29 is 9.53 Å². The van der Waals surface area contributed by atoms with E-state index in [0.717, 1.165) is 25.2 Å². The van der Waals surface area contributed by atoms with Crippen LogP contribution in [0.25, 0.3) is 0 Å². The highest BCUT2D eigenvalue weighted by atomic mass is 16.5. The highest BCUT2D eigenvalue weighted by Gasteiger charge is 2.27. The summed E-state index contributed by atoms with van der Waals surface area (Å²) in [6.07, 6.45) is 4.55. The molecule has 0 spiro atoms. The fraction of sp³-hybridized carbons (Fsp3) is 0.667. The molecule has 94 valence electrons. The van der Waals surface area contributed by atoms with Gasteiger partial charge in [-0.3, -0.25) is 14.8 Å². The minimum absolute atomic E-state index is 0.109. The lowest BCUT2D eigenvalue weighted by Crippen LogP contribution is -2.26. The molecule has 1 atom stereocenters. The van der Waals surface area contributed by atoms with Crippen molar-refractivity contribution in [2.24, 2.45) is 0 Å². The standard InChI is InChI=1S/C12H19N3O2/c1-2-17-12(16)6-9-15-8-3-4-11(15)10-5-7-13-14-10/h5,7,11H,2-4,6,8-9H2,1H3,(H,13,14). The van der Waals surface area contributed by atoms with Gasteiger partial charge in [0.25, 0.3) is 0 Å². The molecule has 1 aromatic heterocycles. The van der Waals surface area contributed by atoms with Crippen molar-refractivity contribution in [2.45, 2.75) is 32.2 Å². The third-order valence-corrected chi connectivity index (χ3v) is 3.15. The van der Waals surface area contributed by atoms with Gasteiger partial charge in [0.15, 0.2) is 0 Å². The van der Waals surface area contributed by atoms with E-state index >= 15 is 0 Å². The van der Waals surface area contributed by atoms with Crippen LogP contribution in [0.3, 0.4) is 0 Å². The number of carbonyl (C=O) groups excluding carboxylic acids is 1. The summed E-state index contributed by atoms with van der Waals surface area (Å²) < 4.78 is 4.94. The third-order valence-electron chi connectivity index (χ3n) is 3.15. The zero-order valence-electron chi connectivity index (χ0n) is 10.2. The molecule has 0 saturated carbocycles. The van der Waals surface area contributed by atoms with Gasteiger partial charge in [-0.1, -0.05) is 0 Å². The Labute approximate surface area is 101 Å². The molecule has 1 N–H and O–H groups in total. The van der Waals surface area contributed by atoms with Crippen molar-refractivity contribution in [3.63, 3.8) is 0 Å². The molecule has 1 aliphatic rings. The molecule has 0 aromatic carbocycles. The fourth-order valence-corrected chi connectivity index (χ4v) is 2.37. The molecule has 2 rings (SSSR count). The highest BCUT2D eigenvalue weighted by molar-refractivity contribution is 5.69. The predicted octanol–water partition coefficient (Wildman–Crippen LogP) is 1.50. The van der Waals surface area contributed by atoms with Crippen molar-refractivity contribution in [1.82, 2.24) is 15.1 Å². The van der Waals surface area contributed by atoms with Gasteiger partial charge < -0.3 is 4.74 Å². The first-order valence-corrected chi connectivity index (χ1v) is 6.20. The lowest BCUT2D eigenvalue weighted by Gasteiger charge is -2.22. The van der Waals surface area contributed by atoms with Gasteiger partial charge in [0.2, 0.25) is 0 Å². The Morgan fingerprint density at radius 3 is 3.29 bits per heavy atom. The van der Waals surface area contributed by atoms with Crippen LogP contribution in [0.1, 0.15) is 37.9 Å². The smallest absolute Gasteiger partial charge is 0.307 e. The second-order valence-electron chi connectivity index (χ2n) is 4.26. The average molecular weight is 237 g/mol. The first-order valence-electron chi connectivity index (χ1n) is 6.20. The molecular formula is C12H19N3O2. The molecule has 5 nitrogen and oxygen atoms in total. The van der Waals surface area contributed by atoms with E-state index < -0.39 is 0 Å². The Bertz CT molecular complexity index is 351. The minimum atomic E-state index is -0.109. The van der Waals surface area contributed by atoms with E-state index in [1.165, 1.54) is 6.42 Å². The fourth-order valence-electron chi connectivity index (χ4n) is 2.37. The molecule has 5 heteroatoms. The first-order chi connectivity index (χ1) is 8.31. The summed E-state index contributed by atoms with van der Waals surface area (Å²) in [6, 6.07) is 2.39. The molecule has 17 heavy (non-hydrogen) atoms. The van der Waals surface area contributed by atoms with E-state index in [2.05, 4.69) is 15.1 Å². The van der Waals surface area contributed by atoms with Gasteiger partial charge in [-0.15, -0.1) is 0 Å². The van der Waals surface area contributed by atoms with Crippen LogP contribution in [0.5, 0.6) is 0 Å². The van der Waals surface area contributed by atoms with Crippen molar-refractivity contribution in [1.29, 1.82) is 0 Å². The zero-order valence-corrected chi connectivity index (χ0v) is 10.2. The molecule has 1 saturated heterocycles. The molecule has 0 radical (unpaired) electrons.